The van der Waals surface area contributed by atoms with Crippen LogP contribution in [0.1, 0.15) is 55.8 Å². The first-order chi connectivity index (χ1) is 13.3. The van der Waals surface area contributed by atoms with Crippen molar-refractivity contribution in [3.8, 4) is 0 Å². The molecule has 0 spiro atoms. The number of aromatic carboxylic acids is 1. The number of carboxylic acid groups (broad SMARTS) is 1. The third-order valence-electron chi connectivity index (χ3n) is 3.96. The maximum Gasteiger partial charge on any atom is 0.200 e. The Bertz CT molecular complexity index is 740. The molecule has 1 aromatic heterocycles. The quantitative estimate of drug-likeness (QED) is 0.219. The van der Waals surface area contributed by atoms with Crippen molar-refractivity contribution in [2.24, 2.45) is 0 Å². The zero-order valence-electron chi connectivity index (χ0n) is 15.5. The molecule has 0 aliphatic rings. The first-order valence-corrected chi connectivity index (χ1v) is 8.98. The molecule has 0 N–H and O–H groups in total. The molecule has 0 radical (unpaired) electrons. The minimum Gasteiger partial charge on any atom is -0.545 e. The summed E-state index contributed by atoms with van der Waals surface area (Å²) in [4.78, 5) is 10.0. The Morgan fingerprint density at radius 1 is 0.786 bits per heavy atom. The van der Waals surface area contributed by atoms with E-state index in [1.54, 1.807) is 0 Å². The third kappa shape index (κ3) is 6.90. The Morgan fingerprint density at radius 3 is 1.75 bits per heavy atom. The predicted octanol–water partition coefficient (Wildman–Crippen LogP) is 4.08. The van der Waals surface area contributed by atoms with Crippen LogP contribution in [0, 0.1) is 29.1 Å². The Balaban J connectivity index is 0.000000280. The summed E-state index contributed by atoms with van der Waals surface area (Å²) in [5, 5.41) is 10.0. The van der Waals surface area contributed by atoms with E-state index in [1.165, 1.54) is 45.1 Å². The van der Waals surface area contributed by atoms with Crippen molar-refractivity contribution in [2.45, 2.75) is 52.0 Å². The highest BCUT2D eigenvalue weighted by atomic mass is 19.2. The van der Waals surface area contributed by atoms with E-state index in [0.717, 1.165) is 0 Å². The smallest absolute Gasteiger partial charge is 0.200 e. The van der Waals surface area contributed by atoms with Gasteiger partial charge in [-0.15, -0.1) is 0 Å². The fourth-order valence-electron chi connectivity index (χ4n) is 2.44. The number of hydrogen-bond acceptors (Lipinski definition) is 2. The molecule has 0 amide bonds. The van der Waals surface area contributed by atoms with E-state index in [9.17, 15) is 31.9 Å². The van der Waals surface area contributed by atoms with Crippen LogP contribution in [-0.4, -0.2) is 5.97 Å². The molecule has 0 atom stereocenters. The van der Waals surface area contributed by atoms with Crippen LogP contribution in [0.2, 0.25) is 0 Å². The second-order valence-corrected chi connectivity index (χ2v) is 6.11. The second kappa shape index (κ2) is 12.0. The summed E-state index contributed by atoms with van der Waals surface area (Å²) in [6.07, 6.45) is 12.5. The molecule has 0 aliphatic carbocycles. The summed E-state index contributed by atoms with van der Waals surface area (Å²) >= 11 is 0. The number of carboxylic acids is 1. The second-order valence-electron chi connectivity index (χ2n) is 6.11. The molecular weight excluding hydrogens is 381 g/mol. The van der Waals surface area contributed by atoms with E-state index in [-0.39, 0.29) is 0 Å². The van der Waals surface area contributed by atoms with E-state index in [1.807, 2.05) is 0 Å². The van der Waals surface area contributed by atoms with Crippen molar-refractivity contribution in [3.05, 3.63) is 65.2 Å². The van der Waals surface area contributed by atoms with Gasteiger partial charge in [-0.1, -0.05) is 38.7 Å². The molecule has 0 unspecified atom stereocenters. The number of rotatable bonds is 8. The summed E-state index contributed by atoms with van der Waals surface area (Å²) in [5.41, 5.74) is -1.97. The van der Waals surface area contributed by atoms with Gasteiger partial charge in [-0.05, 0) is 6.42 Å². The third-order valence-corrected chi connectivity index (χ3v) is 3.96. The average molecular weight is 403 g/mol. The van der Waals surface area contributed by atoms with Crippen LogP contribution in [-0.2, 0) is 6.54 Å². The zero-order valence-corrected chi connectivity index (χ0v) is 15.5. The van der Waals surface area contributed by atoms with Crippen molar-refractivity contribution in [1.29, 1.82) is 0 Å². The van der Waals surface area contributed by atoms with Crippen molar-refractivity contribution in [1.82, 2.24) is 0 Å². The summed E-state index contributed by atoms with van der Waals surface area (Å²) in [7, 11) is 0. The van der Waals surface area contributed by atoms with E-state index in [2.05, 4.69) is 42.1 Å². The monoisotopic (exact) mass is 403 g/mol. The van der Waals surface area contributed by atoms with Gasteiger partial charge in [0.05, 0.1) is 11.5 Å². The fraction of sp³-hybridized carbons (Fsp3) is 0.400. The first kappa shape index (κ1) is 23.5. The average Bonchev–Trinajstić information content (AvgIpc) is 2.69. The number of aryl methyl sites for hydroxylation is 1. The minimum absolute atomic E-state index is 1.17. The van der Waals surface area contributed by atoms with Gasteiger partial charge in [0.25, 0.3) is 0 Å². The van der Waals surface area contributed by atoms with Crippen LogP contribution < -0.4 is 9.67 Å². The summed E-state index contributed by atoms with van der Waals surface area (Å²) < 4.78 is 64.2. The molecule has 0 bridgehead atoms. The summed E-state index contributed by atoms with van der Waals surface area (Å²) in [6.45, 7) is 3.44. The maximum atomic E-state index is 12.5. The molecule has 0 saturated carbocycles. The zero-order chi connectivity index (χ0) is 21.1. The highest BCUT2D eigenvalue weighted by Gasteiger charge is 2.25. The number of pyridine rings is 1. The normalized spacial score (nSPS) is 10.4. The maximum absolute atomic E-state index is 12.5. The van der Waals surface area contributed by atoms with Gasteiger partial charge in [0, 0.05) is 18.6 Å². The van der Waals surface area contributed by atoms with Crippen molar-refractivity contribution < 1.29 is 36.4 Å². The topological polar surface area (TPSA) is 44.0 Å². The van der Waals surface area contributed by atoms with Crippen LogP contribution in [0.15, 0.2) is 30.6 Å². The van der Waals surface area contributed by atoms with Gasteiger partial charge in [0.2, 0.25) is 5.82 Å². The largest absolute Gasteiger partial charge is 0.545 e. The van der Waals surface area contributed by atoms with E-state index in [4.69, 9.17) is 0 Å². The molecule has 8 heteroatoms. The van der Waals surface area contributed by atoms with Crippen molar-refractivity contribution >= 4 is 5.97 Å². The predicted molar refractivity (Wildman–Crippen MR) is 90.6 cm³/mol. The van der Waals surface area contributed by atoms with Crippen LogP contribution >= 0.6 is 0 Å². The van der Waals surface area contributed by atoms with Crippen LogP contribution in [0.3, 0.4) is 0 Å². The van der Waals surface area contributed by atoms with Crippen LogP contribution in [0.4, 0.5) is 22.0 Å². The van der Waals surface area contributed by atoms with E-state index in [0.29, 0.717) is 0 Å². The number of carbonyl (C=O) groups excluding carboxylic acids is 1. The standard InChI is InChI=1S/C13H22N.C7HF5O2/c1-2-3-4-5-6-8-11-14-12-9-7-10-13-14;8-2-1(7(13)14)3(9)5(11)6(12)4(2)10/h7,9-10,12-13H,2-6,8,11H2,1H3;(H,13,14)/q+1;/p-1. The molecule has 0 fully saturated rings. The Morgan fingerprint density at radius 2 is 1.25 bits per heavy atom. The molecule has 1 aromatic carbocycles. The Kier molecular flexibility index (Phi) is 10.1. The van der Waals surface area contributed by atoms with Gasteiger partial charge in [0.1, 0.15) is 6.54 Å². The highest BCUT2D eigenvalue weighted by Crippen LogP contribution is 2.22. The lowest BCUT2D eigenvalue weighted by Gasteiger charge is -2.07. The number of halogens is 5. The molecule has 2 rings (SSSR count). The number of benzene rings is 1. The molecule has 3 nitrogen and oxygen atoms in total. The SMILES string of the molecule is CCCCCCCC[n+]1ccccc1.O=C([O-])c1c(F)c(F)c(F)c(F)c1F. The number of hydrogen-bond donors (Lipinski definition) is 0. The van der Waals surface area contributed by atoms with Gasteiger partial charge in [-0.2, -0.15) is 0 Å². The molecule has 28 heavy (non-hydrogen) atoms. The minimum atomic E-state index is -2.47. The molecule has 0 aliphatic heterocycles. The lowest BCUT2D eigenvalue weighted by molar-refractivity contribution is -0.697. The molecule has 1 heterocycles. The Hall–Kier alpha value is -2.51. The van der Waals surface area contributed by atoms with Gasteiger partial charge in [-0.25, -0.2) is 26.5 Å². The number of unbranched alkanes of at least 4 members (excludes halogenated alkanes) is 5. The summed E-state index contributed by atoms with van der Waals surface area (Å²) in [6, 6.07) is 6.26. The van der Waals surface area contributed by atoms with Crippen LogP contribution in [0.25, 0.3) is 0 Å². The van der Waals surface area contributed by atoms with Crippen molar-refractivity contribution in [2.75, 3.05) is 0 Å². The van der Waals surface area contributed by atoms with Gasteiger partial charge in [-0.3, -0.25) is 0 Å². The fourth-order valence-corrected chi connectivity index (χ4v) is 2.44. The number of aromatic nitrogens is 1. The number of carbonyl (C=O) groups is 1. The summed E-state index contributed by atoms with van der Waals surface area (Å²) in [5.74, 6) is -14.4. The van der Waals surface area contributed by atoms with Crippen LogP contribution in [0.5, 0.6) is 0 Å². The van der Waals surface area contributed by atoms with Gasteiger partial charge in [0.15, 0.2) is 35.7 Å². The molecule has 2 aromatic rings. The highest BCUT2D eigenvalue weighted by molar-refractivity contribution is 5.86. The molecular formula is C20H22F5NO2. The van der Waals surface area contributed by atoms with Gasteiger partial charge >= 0.3 is 0 Å². The van der Waals surface area contributed by atoms with E-state index >= 15 is 0 Å². The molecule has 0 saturated heterocycles. The van der Waals surface area contributed by atoms with Gasteiger partial charge < -0.3 is 9.90 Å². The van der Waals surface area contributed by atoms with E-state index < -0.39 is 40.6 Å². The lowest BCUT2D eigenvalue weighted by atomic mass is 10.1. The first-order valence-electron chi connectivity index (χ1n) is 8.98. The number of nitrogens with zero attached hydrogens (tertiary/aromatic N) is 1. The Labute approximate surface area is 160 Å². The molecule has 154 valence electrons. The van der Waals surface area contributed by atoms with Crippen molar-refractivity contribution in [3.63, 3.8) is 0 Å². The lowest BCUT2D eigenvalue weighted by Crippen LogP contribution is -2.32.